The van der Waals surface area contributed by atoms with Crippen LogP contribution in [0.2, 0.25) is 0 Å². The minimum atomic E-state index is -0.725. The van der Waals surface area contributed by atoms with E-state index in [0.29, 0.717) is 6.42 Å². The van der Waals surface area contributed by atoms with E-state index in [9.17, 15) is 14.9 Å². The molecular weight excluding hydrogens is 260 g/mol. The Hall–Kier alpha value is -1.95. The number of carbonyl (C=O) groups excluding carboxylic acids is 1. The molecule has 1 atom stereocenters. The Morgan fingerprint density at radius 1 is 1.35 bits per heavy atom. The zero-order chi connectivity index (χ0) is 14.5. The number of hydrogen-bond acceptors (Lipinski definition) is 5. The van der Waals surface area contributed by atoms with Crippen LogP contribution in [-0.4, -0.2) is 23.0 Å². The van der Waals surface area contributed by atoms with Gasteiger partial charge in [0, 0.05) is 12.1 Å². The number of carbonyl (C=O) groups is 1. The third kappa shape index (κ3) is 3.77. The van der Waals surface area contributed by atoms with Crippen molar-refractivity contribution in [3.05, 3.63) is 39.9 Å². The van der Waals surface area contributed by atoms with Gasteiger partial charge in [-0.05, 0) is 37.7 Å². The lowest BCUT2D eigenvalue weighted by atomic mass is 10.1. The number of benzene rings is 1. The van der Waals surface area contributed by atoms with Gasteiger partial charge in [0.05, 0.1) is 4.92 Å². The van der Waals surface area contributed by atoms with Gasteiger partial charge < -0.3 is 10.5 Å². The lowest BCUT2D eigenvalue weighted by molar-refractivity contribution is -0.384. The lowest BCUT2D eigenvalue weighted by Crippen LogP contribution is -2.36. The molecule has 6 nitrogen and oxygen atoms in total. The monoisotopic (exact) mass is 278 g/mol. The molecule has 2 rings (SSSR count). The fourth-order valence-corrected chi connectivity index (χ4v) is 2.35. The van der Waals surface area contributed by atoms with E-state index in [1.54, 1.807) is 12.1 Å². The average Bonchev–Trinajstić information content (AvgIpc) is 2.92. The molecule has 2 N–H and O–H groups in total. The van der Waals surface area contributed by atoms with Crippen LogP contribution < -0.4 is 5.73 Å². The minimum Gasteiger partial charge on any atom is -0.461 e. The van der Waals surface area contributed by atoms with Crippen LogP contribution in [-0.2, 0) is 16.0 Å². The summed E-state index contributed by atoms with van der Waals surface area (Å²) in [4.78, 5) is 21.9. The highest BCUT2D eigenvalue weighted by molar-refractivity contribution is 5.76. The molecule has 20 heavy (non-hydrogen) atoms. The highest BCUT2D eigenvalue weighted by Crippen LogP contribution is 2.21. The maximum Gasteiger partial charge on any atom is 0.323 e. The largest absolute Gasteiger partial charge is 0.461 e. The van der Waals surface area contributed by atoms with Crippen molar-refractivity contribution in [2.75, 3.05) is 0 Å². The summed E-state index contributed by atoms with van der Waals surface area (Å²) < 4.78 is 5.34. The molecule has 1 saturated carbocycles. The average molecular weight is 278 g/mol. The maximum atomic E-state index is 11.8. The fraction of sp³-hybridized carbons (Fsp3) is 0.500. The van der Waals surface area contributed by atoms with Crippen molar-refractivity contribution in [2.24, 2.45) is 5.73 Å². The Balaban J connectivity index is 1.87. The number of ether oxygens (including phenoxy) is 1. The van der Waals surface area contributed by atoms with E-state index < -0.39 is 16.9 Å². The van der Waals surface area contributed by atoms with Crippen molar-refractivity contribution in [1.29, 1.82) is 0 Å². The minimum absolute atomic E-state index is 0.00501. The summed E-state index contributed by atoms with van der Waals surface area (Å²) in [5.74, 6) is -0.393. The first-order chi connectivity index (χ1) is 9.56. The standard InChI is InChI=1S/C14H18N2O4/c15-13(14(17)20-12-3-1-2-4-12)9-10-5-7-11(8-6-10)16(18)19/h5-8,12-13H,1-4,9,15H2. The number of nitrogens with two attached hydrogens (primary N) is 1. The number of nitro benzene ring substituents is 1. The van der Waals surface area contributed by atoms with Crippen LogP contribution in [0.5, 0.6) is 0 Å². The van der Waals surface area contributed by atoms with E-state index in [0.717, 1.165) is 31.2 Å². The van der Waals surface area contributed by atoms with Crippen LogP contribution in [0.3, 0.4) is 0 Å². The highest BCUT2D eigenvalue weighted by Gasteiger charge is 2.23. The van der Waals surface area contributed by atoms with Crippen molar-refractivity contribution < 1.29 is 14.5 Å². The molecule has 1 fully saturated rings. The smallest absolute Gasteiger partial charge is 0.323 e. The van der Waals surface area contributed by atoms with Crippen molar-refractivity contribution in [1.82, 2.24) is 0 Å². The van der Waals surface area contributed by atoms with E-state index in [4.69, 9.17) is 10.5 Å². The van der Waals surface area contributed by atoms with E-state index in [1.165, 1.54) is 12.1 Å². The third-order valence-electron chi connectivity index (χ3n) is 3.49. The molecule has 0 aliphatic heterocycles. The molecule has 0 aromatic heterocycles. The number of hydrogen-bond donors (Lipinski definition) is 1. The molecular formula is C14H18N2O4. The molecule has 0 bridgehead atoms. The summed E-state index contributed by atoms with van der Waals surface area (Å²) in [6.07, 6.45) is 4.34. The number of non-ortho nitro benzene ring substituents is 1. The number of nitro groups is 1. The zero-order valence-corrected chi connectivity index (χ0v) is 11.2. The van der Waals surface area contributed by atoms with Crippen LogP contribution in [0, 0.1) is 10.1 Å². The second kappa shape index (κ2) is 6.47. The van der Waals surface area contributed by atoms with Gasteiger partial charge in [-0.3, -0.25) is 14.9 Å². The Morgan fingerprint density at radius 3 is 2.50 bits per heavy atom. The van der Waals surface area contributed by atoms with E-state index in [1.807, 2.05) is 0 Å². The SMILES string of the molecule is NC(Cc1ccc([N+](=O)[O-])cc1)C(=O)OC1CCCC1. The Bertz CT molecular complexity index is 480. The summed E-state index contributed by atoms with van der Waals surface area (Å²) >= 11 is 0. The maximum absolute atomic E-state index is 11.8. The Kier molecular flexibility index (Phi) is 4.68. The van der Waals surface area contributed by atoms with Crippen molar-refractivity contribution >= 4 is 11.7 Å². The normalized spacial score (nSPS) is 16.9. The molecule has 1 aromatic rings. The molecule has 6 heteroatoms. The second-order valence-corrected chi connectivity index (χ2v) is 5.08. The number of rotatable bonds is 5. The van der Waals surface area contributed by atoms with Crippen molar-refractivity contribution in [3.63, 3.8) is 0 Å². The van der Waals surface area contributed by atoms with Crippen LogP contribution >= 0.6 is 0 Å². The Morgan fingerprint density at radius 2 is 1.95 bits per heavy atom. The van der Waals surface area contributed by atoms with E-state index in [2.05, 4.69) is 0 Å². The van der Waals surface area contributed by atoms with Crippen molar-refractivity contribution in [3.8, 4) is 0 Å². The van der Waals surface area contributed by atoms with Gasteiger partial charge >= 0.3 is 5.97 Å². The predicted octanol–water partition coefficient (Wildman–Crippen LogP) is 1.95. The molecule has 0 heterocycles. The number of esters is 1. The van der Waals surface area contributed by atoms with E-state index >= 15 is 0 Å². The van der Waals surface area contributed by atoms with Crippen molar-refractivity contribution in [2.45, 2.75) is 44.2 Å². The first-order valence-electron chi connectivity index (χ1n) is 6.75. The molecule has 108 valence electrons. The van der Waals surface area contributed by atoms with Crippen LogP contribution in [0.4, 0.5) is 5.69 Å². The first-order valence-corrected chi connectivity index (χ1v) is 6.75. The molecule has 1 aliphatic rings. The Labute approximate surface area is 117 Å². The van der Waals surface area contributed by atoms with Gasteiger partial charge in [-0.1, -0.05) is 12.1 Å². The molecule has 0 spiro atoms. The molecule has 0 amide bonds. The lowest BCUT2D eigenvalue weighted by Gasteiger charge is -2.15. The van der Waals surface area contributed by atoms with Gasteiger partial charge in [-0.15, -0.1) is 0 Å². The fourth-order valence-electron chi connectivity index (χ4n) is 2.35. The summed E-state index contributed by atoms with van der Waals surface area (Å²) in [6, 6.07) is 5.31. The second-order valence-electron chi connectivity index (χ2n) is 5.08. The quantitative estimate of drug-likeness (QED) is 0.504. The number of nitrogens with zero attached hydrogens (tertiary/aromatic N) is 1. The van der Waals surface area contributed by atoms with Gasteiger partial charge in [-0.25, -0.2) is 0 Å². The summed E-state index contributed by atoms with van der Waals surface area (Å²) in [5.41, 5.74) is 6.62. The van der Waals surface area contributed by atoms with Crippen LogP contribution in [0.1, 0.15) is 31.2 Å². The van der Waals surface area contributed by atoms with Gasteiger partial charge in [-0.2, -0.15) is 0 Å². The van der Waals surface area contributed by atoms with Gasteiger partial charge in [0.2, 0.25) is 0 Å². The predicted molar refractivity (Wildman–Crippen MR) is 73.1 cm³/mol. The molecule has 0 saturated heterocycles. The highest BCUT2D eigenvalue weighted by atomic mass is 16.6. The van der Waals surface area contributed by atoms with Crippen LogP contribution in [0.15, 0.2) is 24.3 Å². The summed E-state index contributed by atoms with van der Waals surface area (Å²) in [6.45, 7) is 0. The zero-order valence-electron chi connectivity index (χ0n) is 11.2. The topological polar surface area (TPSA) is 95.5 Å². The molecule has 1 unspecified atom stereocenters. The van der Waals surface area contributed by atoms with Crippen LogP contribution in [0.25, 0.3) is 0 Å². The van der Waals surface area contributed by atoms with E-state index in [-0.39, 0.29) is 11.8 Å². The van der Waals surface area contributed by atoms with Gasteiger partial charge in [0.15, 0.2) is 0 Å². The molecule has 0 radical (unpaired) electrons. The first kappa shape index (κ1) is 14.5. The summed E-state index contributed by atoms with van der Waals surface area (Å²) in [5, 5.41) is 10.5. The summed E-state index contributed by atoms with van der Waals surface area (Å²) in [7, 11) is 0. The molecule has 1 aromatic carbocycles. The van der Waals surface area contributed by atoms with Gasteiger partial charge in [0.25, 0.3) is 5.69 Å². The molecule has 1 aliphatic carbocycles. The van der Waals surface area contributed by atoms with Gasteiger partial charge in [0.1, 0.15) is 12.1 Å². The third-order valence-corrected chi connectivity index (χ3v) is 3.49.